The monoisotopic (exact) mass is 289 g/mol. The quantitative estimate of drug-likeness (QED) is 0.515. The molecule has 0 aromatic carbocycles. The number of carboxylic acids is 2. The molecular weight excluding hydrogens is 262 g/mol. The van der Waals surface area contributed by atoms with Crippen molar-refractivity contribution in [2.45, 2.75) is 45.8 Å². The van der Waals surface area contributed by atoms with Crippen LogP contribution in [-0.4, -0.2) is 76.3 Å². The van der Waals surface area contributed by atoms with Crippen LogP contribution >= 0.6 is 0 Å². The molecule has 0 aliphatic heterocycles. The van der Waals surface area contributed by atoms with Gasteiger partial charge in [-0.2, -0.15) is 0 Å². The summed E-state index contributed by atoms with van der Waals surface area (Å²) in [5, 5.41) is 17.7. The van der Waals surface area contributed by atoms with E-state index < -0.39 is 11.9 Å². The topological polar surface area (TPSA) is 107 Å². The first-order valence-electron chi connectivity index (χ1n) is 6.80. The van der Waals surface area contributed by atoms with Crippen molar-refractivity contribution >= 4 is 11.9 Å². The van der Waals surface area contributed by atoms with Crippen molar-refractivity contribution < 1.29 is 19.8 Å². The molecule has 20 heavy (non-hydrogen) atoms. The molecule has 0 atom stereocenters. The fraction of sp³-hybridized carbons (Fsp3) is 0.846. The molecule has 7 nitrogen and oxygen atoms in total. The minimum atomic E-state index is -0.892. The first kappa shape index (κ1) is 18.8. The number of carboxylic acid groups (broad SMARTS) is 2. The lowest BCUT2D eigenvalue weighted by molar-refractivity contribution is -0.139. The van der Waals surface area contributed by atoms with E-state index >= 15 is 0 Å². The average Bonchev–Trinajstić information content (AvgIpc) is 2.25. The number of carbonyl (C=O) groups is 2. The second-order valence-electron chi connectivity index (χ2n) is 5.59. The fourth-order valence-electron chi connectivity index (χ4n) is 1.92. The average molecular weight is 289 g/mol. The van der Waals surface area contributed by atoms with Gasteiger partial charge in [0.25, 0.3) is 0 Å². The molecule has 0 unspecified atom stereocenters. The van der Waals surface area contributed by atoms with Crippen molar-refractivity contribution in [3.05, 3.63) is 0 Å². The lowest BCUT2D eigenvalue weighted by atomic mass is 10.2. The Morgan fingerprint density at radius 3 is 1.40 bits per heavy atom. The molecule has 0 fully saturated rings. The van der Waals surface area contributed by atoms with Crippen LogP contribution in [0.4, 0.5) is 0 Å². The molecule has 118 valence electrons. The van der Waals surface area contributed by atoms with Gasteiger partial charge < -0.3 is 15.9 Å². The van der Waals surface area contributed by atoms with Crippen molar-refractivity contribution in [2.75, 3.05) is 26.2 Å². The van der Waals surface area contributed by atoms with Gasteiger partial charge in [-0.25, -0.2) is 0 Å². The van der Waals surface area contributed by atoms with E-state index in [1.54, 1.807) is 9.80 Å². The molecule has 0 saturated heterocycles. The predicted octanol–water partition coefficient (Wildman–Crippen LogP) is -0.0963. The van der Waals surface area contributed by atoms with Crippen molar-refractivity contribution in [3.63, 3.8) is 0 Å². The maximum atomic E-state index is 10.8. The molecule has 0 aromatic rings. The van der Waals surface area contributed by atoms with Gasteiger partial charge >= 0.3 is 11.9 Å². The van der Waals surface area contributed by atoms with Gasteiger partial charge in [-0.3, -0.25) is 19.4 Å². The lowest BCUT2D eigenvalue weighted by Gasteiger charge is -2.32. The normalized spacial score (nSPS) is 12.1. The maximum Gasteiger partial charge on any atom is 0.317 e. The van der Waals surface area contributed by atoms with Crippen LogP contribution in [0.3, 0.4) is 0 Å². The Labute approximate surface area is 120 Å². The third-order valence-electron chi connectivity index (χ3n) is 3.08. The van der Waals surface area contributed by atoms with Crippen LogP contribution in [0.25, 0.3) is 0 Å². The molecule has 0 bridgehead atoms. The third-order valence-corrected chi connectivity index (χ3v) is 3.08. The fourth-order valence-corrected chi connectivity index (χ4v) is 1.92. The predicted molar refractivity (Wildman–Crippen MR) is 76.7 cm³/mol. The zero-order valence-electron chi connectivity index (χ0n) is 12.7. The summed E-state index contributed by atoms with van der Waals surface area (Å²) in [6, 6.07) is -0.147. The molecule has 0 spiro atoms. The number of nitrogens with two attached hydrogens (primary N) is 1. The Balaban J connectivity index is 4.51. The van der Waals surface area contributed by atoms with Crippen LogP contribution in [0.15, 0.2) is 0 Å². The molecule has 0 radical (unpaired) electrons. The van der Waals surface area contributed by atoms with E-state index in [-0.39, 0.29) is 31.2 Å². The number of hydrogen-bond acceptors (Lipinski definition) is 5. The Kier molecular flexibility index (Phi) is 8.36. The highest BCUT2D eigenvalue weighted by Gasteiger charge is 2.21. The summed E-state index contributed by atoms with van der Waals surface area (Å²) in [5.41, 5.74) is 6.03. The van der Waals surface area contributed by atoms with Gasteiger partial charge in [-0.1, -0.05) is 0 Å². The number of hydrogen-bond donors (Lipinski definition) is 3. The first-order chi connectivity index (χ1) is 9.13. The zero-order chi connectivity index (χ0) is 15.9. The summed E-state index contributed by atoms with van der Waals surface area (Å²) in [6.45, 7) is 8.36. The molecule has 0 saturated carbocycles. The lowest BCUT2D eigenvalue weighted by Crippen LogP contribution is -2.50. The van der Waals surface area contributed by atoms with Gasteiger partial charge in [0.2, 0.25) is 0 Å². The summed E-state index contributed by atoms with van der Waals surface area (Å²) >= 11 is 0. The molecule has 4 N–H and O–H groups in total. The van der Waals surface area contributed by atoms with Gasteiger partial charge in [-0.05, 0) is 27.7 Å². The highest BCUT2D eigenvalue weighted by Crippen LogP contribution is 2.03. The minimum absolute atomic E-state index is 0.0635. The first-order valence-corrected chi connectivity index (χ1v) is 6.80. The van der Waals surface area contributed by atoms with Crippen molar-refractivity contribution in [3.8, 4) is 0 Å². The Hall–Kier alpha value is -1.18. The van der Waals surface area contributed by atoms with Crippen molar-refractivity contribution in [1.82, 2.24) is 9.80 Å². The molecule has 0 aromatic heterocycles. The van der Waals surface area contributed by atoms with Crippen LogP contribution in [0.2, 0.25) is 0 Å². The summed E-state index contributed by atoms with van der Waals surface area (Å²) in [6.07, 6.45) is 0. The SMILES string of the molecule is CC(C)N(CC(=O)O)CC(N)CN(CC(=O)O)C(C)C. The van der Waals surface area contributed by atoms with E-state index in [4.69, 9.17) is 15.9 Å². The maximum absolute atomic E-state index is 10.8. The van der Waals surface area contributed by atoms with Crippen molar-refractivity contribution in [1.29, 1.82) is 0 Å². The molecule has 0 aliphatic carbocycles. The Morgan fingerprint density at radius 1 is 0.900 bits per heavy atom. The van der Waals surface area contributed by atoms with E-state index in [9.17, 15) is 9.59 Å². The molecule has 7 heteroatoms. The smallest absolute Gasteiger partial charge is 0.317 e. The summed E-state index contributed by atoms with van der Waals surface area (Å²) < 4.78 is 0. The van der Waals surface area contributed by atoms with E-state index in [1.165, 1.54) is 0 Å². The molecule has 0 aliphatic rings. The second kappa shape index (κ2) is 8.89. The van der Waals surface area contributed by atoms with Crippen LogP contribution < -0.4 is 5.73 Å². The van der Waals surface area contributed by atoms with Gasteiger partial charge in [-0.15, -0.1) is 0 Å². The zero-order valence-corrected chi connectivity index (χ0v) is 12.7. The van der Waals surface area contributed by atoms with Gasteiger partial charge in [0.05, 0.1) is 13.1 Å². The van der Waals surface area contributed by atoms with Gasteiger partial charge in [0.1, 0.15) is 0 Å². The summed E-state index contributed by atoms with van der Waals surface area (Å²) in [4.78, 5) is 25.1. The Bertz CT molecular complexity index is 291. The van der Waals surface area contributed by atoms with Crippen molar-refractivity contribution in [2.24, 2.45) is 5.73 Å². The Morgan fingerprint density at radius 2 is 1.20 bits per heavy atom. The van der Waals surface area contributed by atoms with Crippen LogP contribution in [0.1, 0.15) is 27.7 Å². The number of nitrogens with zero attached hydrogens (tertiary/aromatic N) is 2. The van der Waals surface area contributed by atoms with Gasteiger partial charge in [0, 0.05) is 31.2 Å². The third kappa shape index (κ3) is 8.08. The highest BCUT2D eigenvalue weighted by molar-refractivity contribution is 5.69. The minimum Gasteiger partial charge on any atom is -0.480 e. The van der Waals surface area contributed by atoms with E-state index in [2.05, 4.69) is 0 Å². The van der Waals surface area contributed by atoms with E-state index in [0.717, 1.165) is 0 Å². The molecular formula is C13H27N3O4. The van der Waals surface area contributed by atoms with Gasteiger partial charge in [0.15, 0.2) is 0 Å². The van der Waals surface area contributed by atoms with E-state index in [0.29, 0.717) is 13.1 Å². The van der Waals surface area contributed by atoms with E-state index in [1.807, 2.05) is 27.7 Å². The number of aliphatic carboxylic acids is 2. The second-order valence-corrected chi connectivity index (χ2v) is 5.59. The molecule has 0 rings (SSSR count). The summed E-state index contributed by atoms with van der Waals surface area (Å²) in [7, 11) is 0. The standard InChI is InChI=1S/C13H27N3O4/c1-9(2)15(7-12(17)18)5-11(14)6-16(10(3)4)8-13(19)20/h9-11H,5-8,14H2,1-4H3,(H,17,18)(H,19,20). The van der Waals surface area contributed by atoms with Crippen LogP contribution in [0, 0.1) is 0 Å². The molecule has 0 heterocycles. The molecule has 0 amide bonds. The highest BCUT2D eigenvalue weighted by atomic mass is 16.4. The number of rotatable bonds is 10. The summed E-state index contributed by atoms with van der Waals surface area (Å²) in [5.74, 6) is -1.78. The van der Waals surface area contributed by atoms with Crippen LogP contribution in [-0.2, 0) is 9.59 Å². The largest absolute Gasteiger partial charge is 0.480 e. The van der Waals surface area contributed by atoms with Crippen LogP contribution in [0.5, 0.6) is 0 Å².